The normalized spacial score (nSPS) is 17.6. The van der Waals surface area contributed by atoms with Crippen molar-refractivity contribution in [2.24, 2.45) is 0 Å². The molecule has 10 heteroatoms. The Morgan fingerprint density at radius 1 is 1.32 bits per heavy atom. The van der Waals surface area contributed by atoms with Crippen LogP contribution in [0.5, 0.6) is 0 Å². The molecule has 0 spiro atoms. The zero-order chi connectivity index (χ0) is 22.2. The molecule has 8 nitrogen and oxygen atoms in total. The molecule has 168 valence electrons. The minimum Gasteiger partial charge on any atom is -0.377 e. The highest BCUT2D eigenvalue weighted by Gasteiger charge is 2.24. The van der Waals surface area contributed by atoms with E-state index in [1.165, 1.54) is 0 Å². The van der Waals surface area contributed by atoms with Crippen molar-refractivity contribution in [1.82, 2.24) is 24.5 Å². The van der Waals surface area contributed by atoms with Gasteiger partial charge in [-0.15, -0.1) is 0 Å². The van der Waals surface area contributed by atoms with E-state index in [2.05, 4.69) is 65.2 Å². The Balaban J connectivity index is 1.66. The Labute approximate surface area is 198 Å². The zero-order valence-corrected chi connectivity index (χ0v) is 22.1. The lowest BCUT2D eigenvalue weighted by molar-refractivity contribution is 0.0782. The van der Waals surface area contributed by atoms with Crippen molar-refractivity contribution in [2.75, 3.05) is 31.3 Å². The molecule has 3 aromatic rings. The predicted molar refractivity (Wildman–Crippen MR) is 134 cm³/mol. The van der Waals surface area contributed by atoms with Crippen LogP contribution >= 0.6 is 22.6 Å². The molecule has 0 aliphatic carbocycles. The lowest BCUT2D eigenvalue weighted by Crippen LogP contribution is -2.44. The quantitative estimate of drug-likeness (QED) is 0.249. The number of aromatic nitrogens is 5. The van der Waals surface area contributed by atoms with Gasteiger partial charge in [-0.3, -0.25) is 0 Å². The second kappa shape index (κ2) is 9.16. The first kappa shape index (κ1) is 22.7. The number of ether oxygens (including phenoxy) is 2. The summed E-state index contributed by atoms with van der Waals surface area (Å²) in [6.07, 6.45) is 1.79. The molecule has 1 atom stereocenters. The van der Waals surface area contributed by atoms with Gasteiger partial charge in [-0.05, 0) is 48.5 Å². The summed E-state index contributed by atoms with van der Waals surface area (Å²) in [5.74, 6) is 1.83. The molecule has 4 heterocycles. The number of halogens is 1. The van der Waals surface area contributed by atoms with Crippen LogP contribution in [0.15, 0.2) is 18.3 Å². The number of hydrogen-bond donors (Lipinski definition) is 0. The van der Waals surface area contributed by atoms with Gasteiger partial charge < -0.3 is 14.4 Å². The molecular weight excluding hydrogens is 523 g/mol. The number of rotatable bonds is 7. The number of fused-ring (bicyclic) bond motifs is 1. The maximum absolute atomic E-state index is 5.94. The number of aryl methyl sites for hydroxylation is 1. The van der Waals surface area contributed by atoms with Gasteiger partial charge in [0.15, 0.2) is 11.5 Å². The van der Waals surface area contributed by atoms with Crippen LogP contribution in [0.4, 0.5) is 5.82 Å². The summed E-state index contributed by atoms with van der Waals surface area (Å²) in [4.78, 5) is 7.36. The van der Waals surface area contributed by atoms with Gasteiger partial charge >= 0.3 is 0 Å². The molecule has 0 amide bonds. The van der Waals surface area contributed by atoms with Gasteiger partial charge in [0.25, 0.3) is 0 Å². The molecule has 1 fully saturated rings. The third-order valence-corrected chi connectivity index (χ3v) is 8.09. The van der Waals surface area contributed by atoms with Gasteiger partial charge in [0.1, 0.15) is 12.5 Å². The van der Waals surface area contributed by atoms with Crippen LogP contribution in [0, 0.1) is 10.5 Å². The molecule has 0 aromatic carbocycles. The van der Waals surface area contributed by atoms with Crippen molar-refractivity contribution in [3.8, 4) is 5.82 Å². The van der Waals surface area contributed by atoms with Crippen molar-refractivity contribution >= 4 is 47.5 Å². The van der Waals surface area contributed by atoms with Crippen LogP contribution in [-0.4, -0.2) is 65.0 Å². The molecule has 3 aromatic heterocycles. The van der Waals surface area contributed by atoms with Crippen molar-refractivity contribution in [3.05, 3.63) is 27.6 Å². The number of pyridine rings is 1. The van der Waals surface area contributed by atoms with E-state index in [1.54, 1.807) is 6.20 Å². The van der Waals surface area contributed by atoms with Crippen LogP contribution in [-0.2, 0) is 16.2 Å². The summed E-state index contributed by atoms with van der Waals surface area (Å²) < 4.78 is 16.5. The van der Waals surface area contributed by atoms with E-state index in [9.17, 15) is 0 Å². The van der Waals surface area contributed by atoms with Gasteiger partial charge in [-0.1, -0.05) is 19.6 Å². The van der Waals surface area contributed by atoms with E-state index >= 15 is 0 Å². The molecule has 0 unspecified atom stereocenters. The number of anilines is 1. The van der Waals surface area contributed by atoms with Gasteiger partial charge in [0.2, 0.25) is 0 Å². The smallest absolute Gasteiger partial charge is 0.168 e. The fourth-order valence-electron chi connectivity index (χ4n) is 3.73. The minimum absolute atomic E-state index is 0.289. The molecule has 0 bridgehead atoms. The van der Waals surface area contributed by atoms with Crippen molar-refractivity contribution in [3.63, 3.8) is 0 Å². The van der Waals surface area contributed by atoms with Crippen molar-refractivity contribution in [2.45, 2.75) is 52.3 Å². The lowest BCUT2D eigenvalue weighted by Gasteiger charge is -2.34. The van der Waals surface area contributed by atoms with Gasteiger partial charge in [-0.25, -0.2) is 9.67 Å². The first-order valence-electron chi connectivity index (χ1n) is 10.7. The minimum atomic E-state index is -1.12. The summed E-state index contributed by atoms with van der Waals surface area (Å²) in [6, 6.07) is 5.54. The van der Waals surface area contributed by atoms with Gasteiger partial charge in [0.05, 0.1) is 36.5 Å². The van der Waals surface area contributed by atoms with Crippen LogP contribution in [0.2, 0.25) is 25.7 Å². The Kier molecular flexibility index (Phi) is 6.70. The molecule has 0 saturated carbocycles. The van der Waals surface area contributed by atoms with Crippen LogP contribution in [0.3, 0.4) is 0 Å². The fourth-order valence-corrected chi connectivity index (χ4v) is 5.40. The number of nitrogens with zero attached hydrogens (tertiary/aromatic N) is 6. The molecule has 1 aliphatic rings. The topological polar surface area (TPSA) is 70.2 Å². The van der Waals surface area contributed by atoms with E-state index in [1.807, 2.05) is 22.4 Å². The first-order valence-corrected chi connectivity index (χ1v) is 15.5. The molecule has 1 aliphatic heterocycles. The van der Waals surface area contributed by atoms with Crippen molar-refractivity contribution in [1.29, 1.82) is 0 Å². The molecule has 0 N–H and O–H groups in total. The van der Waals surface area contributed by atoms with Crippen LogP contribution in [0.25, 0.3) is 16.9 Å². The monoisotopic (exact) mass is 554 g/mol. The van der Waals surface area contributed by atoms with Gasteiger partial charge in [-0.2, -0.15) is 14.9 Å². The van der Waals surface area contributed by atoms with Crippen molar-refractivity contribution < 1.29 is 9.47 Å². The van der Waals surface area contributed by atoms with E-state index in [4.69, 9.17) is 19.6 Å². The SMILES string of the molecule is Cc1nn(-c2ccnn2COCC[Si](C)(C)C)c2nc(N3CCOC[C@H]3C)cc(I)c12. The largest absolute Gasteiger partial charge is 0.377 e. The first-order chi connectivity index (χ1) is 14.7. The Hall–Kier alpha value is -1.50. The van der Waals surface area contributed by atoms with E-state index in [0.717, 1.165) is 64.3 Å². The lowest BCUT2D eigenvalue weighted by atomic mass is 10.2. The Bertz CT molecular complexity index is 1060. The zero-order valence-electron chi connectivity index (χ0n) is 18.9. The fraction of sp³-hybridized carbons (Fsp3) is 0.571. The highest BCUT2D eigenvalue weighted by Crippen LogP contribution is 2.30. The number of hydrogen-bond acceptors (Lipinski definition) is 6. The molecule has 1 saturated heterocycles. The summed E-state index contributed by atoms with van der Waals surface area (Å²) >= 11 is 2.39. The Morgan fingerprint density at radius 2 is 2.13 bits per heavy atom. The summed E-state index contributed by atoms with van der Waals surface area (Å²) in [7, 11) is -1.12. The predicted octanol–water partition coefficient (Wildman–Crippen LogP) is 4.07. The average Bonchev–Trinajstić information content (AvgIpc) is 3.29. The molecular formula is C21H31IN6O2Si. The molecule has 0 radical (unpaired) electrons. The van der Waals surface area contributed by atoms with E-state index in [-0.39, 0.29) is 6.04 Å². The average molecular weight is 555 g/mol. The third kappa shape index (κ3) is 4.96. The second-order valence-corrected chi connectivity index (χ2v) is 16.1. The molecule has 31 heavy (non-hydrogen) atoms. The second-order valence-electron chi connectivity index (χ2n) is 9.31. The molecule has 4 rings (SSSR count). The highest BCUT2D eigenvalue weighted by molar-refractivity contribution is 14.1. The van der Waals surface area contributed by atoms with Gasteiger partial charge in [0, 0.05) is 30.9 Å². The highest BCUT2D eigenvalue weighted by atomic mass is 127. The third-order valence-electron chi connectivity index (χ3n) is 5.53. The van der Waals surface area contributed by atoms with Crippen LogP contribution in [0.1, 0.15) is 12.6 Å². The summed E-state index contributed by atoms with van der Waals surface area (Å²) in [6.45, 7) is 14.7. The standard InChI is InChI=1S/C21H31IN6O2Si/c1-15-13-29-9-8-26(15)18-12-17(22)20-16(2)25-28(21(20)24-18)19-6-7-23-27(19)14-30-10-11-31(3,4)5/h6-7,12,15H,8-11,13-14H2,1-5H3/t15-/m1/s1. The number of morpholine rings is 1. The Morgan fingerprint density at radius 3 is 2.87 bits per heavy atom. The van der Waals surface area contributed by atoms with E-state index < -0.39 is 8.07 Å². The summed E-state index contributed by atoms with van der Waals surface area (Å²) in [5.41, 5.74) is 1.81. The maximum atomic E-state index is 5.94. The summed E-state index contributed by atoms with van der Waals surface area (Å²) in [5, 5.41) is 10.4. The van der Waals surface area contributed by atoms with E-state index in [0.29, 0.717) is 6.73 Å². The maximum Gasteiger partial charge on any atom is 0.168 e. The van der Waals surface area contributed by atoms with Crippen LogP contribution < -0.4 is 4.90 Å².